The number of likely N-dealkylation sites (tertiary alicyclic amines) is 1. The standard InChI is InChI=1S/C23H31FN2O/c24-20-10-8-19(9-11-20)18-26-15-5-4-12-23(22(26)27)13-16-25(17-14-23)21-6-2-1-3-7-21/h4-5,8-11,21H,1-3,6-7,12-18H2. The van der Waals surface area contributed by atoms with Crippen LogP contribution in [-0.2, 0) is 11.3 Å². The van der Waals surface area contributed by atoms with Gasteiger partial charge in [0, 0.05) is 19.1 Å². The number of hydrogen-bond acceptors (Lipinski definition) is 2. The Morgan fingerprint density at radius 3 is 2.41 bits per heavy atom. The summed E-state index contributed by atoms with van der Waals surface area (Å²) < 4.78 is 13.2. The number of nitrogens with zero attached hydrogens (tertiary/aromatic N) is 2. The predicted molar refractivity (Wildman–Crippen MR) is 106 cm³/mol. The van der Waals surface area contributed by atoms with E-state index in [4.69, 9.17) is 0 Å². The van der Waals surface area contributed by atoms with Crippen LogP contribution in [0.1, 0.15) is 56.9 Å². The van der Waals surface area contributed by atoms with Crippen LogP contribution >= 0.6 is 0 Å². The van der Waals surface area contributed by atoms with Gasteiger partial charge >= 0.3 is 0 Å². The van der Waals surface area contributed by atoms with Gasteiger partial charge in [0.2, 0.25) is 5.91 Å². The maximum atomic E-state index is 13.5. The molecule has 1 aliphatic carbocycles. The minimum absolute atomic E-state index is 0.229. The van der Waals surface area contributed by atoms with Gasteiger partial charge in [0.25, 0.3) is 0 Å². The molecule has 3 aliphatic rings. The normalized spacial score (nSPS) is 24.3. The molecule has 2 heterocycles. The molecule has 0 bridgehead atoms. The number of allylic oxidation sites excluding steroid dienone is 1. The second-order valence-corrected chi connectivity index (χ2v) is 8.60. The Balaban J connectivity index is 1.43. The first-order valence-corrected chi connectivity index (χ1v) is 10.6. The van der Waals surface area contributed by atoms with Crippen LogP contribution < -0.4 is 0 Å². The highest BCUT2D eigenvalue weighted by atomic mass is 19.1. The van der Waals surface area contributed by atoms with Crippen LogP contribution in [0.4, 0.5) is 4.39 Å². The molecular formula is C23H31FN2O. The highest BCUT2D eigenvalue weighted by Crippen LogP contribution is 2.40. The highest BCUT2D eigenvalue weighted by molar-refractivity contribution is 5.83. The van der Waals surface area contributed by atoms with Crippen molar-refractivity contribution in [3.63, 3.8) is 0 Å². The van der Waals surface area contributed by atoms with Gasteiger partial charge in [0.15, 0.2) is 0 Å². The van der Waals surface area contributed by atoms with Crippen molar-refractivity contribution >= 4 is 5.91 Å². The van der Waals surface area contributed by atoms with Gasteiger partial charge < -0.3 is 9.80 Å². The maximum Gasteiger partial charge on any atom is 0.229 e. The lowest BCUT2D eigenvalue weighted by Gasteiger charge is -2.45. The van der Waals surface area contributed by atoms with E-state index >= 15 is 0 Å². The molecule has 0 aromatic heterocycles. The number of piperidine rings is 1. The molecule has 0 atom stereocenters. The largest absolute Gasteiger partial charge is 0.334 e. The summed E-state index contributed by atoms with van der Waals surface area (Å²) in [6.45, 7) is 3.32. The quantitative estimate of drug-likeness (QED) is 0.730. The van der Waals surface area contributed by atoms with Gasteiger partial charge in [0.05, 0.1) is 5.41 Å². The molecule has 0 unspecified atom stereocenters. The summed E-state index contributed by atoms with van der Waals surface area (Å²) in [7, 11) is 0. The number of carbonyl (C=O) groups excluding carboxylic acids is 1. The van der Waals surface area contributed by atoms with E-state index in [9.17, 15) is 9.18 Å². The van der Waals surface area contributed by atoms with Crippen LogP contribution in [0.2, 0.25) is 0 Å². The molecule has 27 heavy (non-hydrogen) atoms. The van der Waals surface area contributed by atoms with Gasteiger partial charge in [0.1, 0.15) is 5.82 Å². The SMILES string of the molecule is O=C1N(Cc2ccc(F)cc2)CC=CCC12CCN(C1CCCCC1)CC2. The molecule has 1 aromatic carbocycles. The third-order valence-electron chi connectivity index (χ3n) is 6.87. The molecule has 2 aliphatic heterocycles. The van der Waals surface area contributed by atoms with Crippen LogP contribution in [0, 0.1) is 11.2 Å². The van der Waals surface area contributed by atoms with Crippen molar-refractivity contribution in [3.8, 4) is 0 Å². The Kier molecular flexibility index (Phi) is 5.63. The first-order chi connectivity index (χ1) is 13.2. The average Bonchev–Trinajstić information content (AvgIpc) is 2.85. The molecular weight excluding hydrogens is 339 g/mol. The van der Waals surface area contributed by atoms with Crippen molar-refractivity contribution in [1.82, 2.24) is 9.80 Å². The molecule has 1 amide bonds. The summed E-state index contributed by atoms with van der Waals surface area (Å²) in [5.74, 6) is 0.0625. The van der Waals surface area contributed by atoms with Crippen molar-refractivity contribution < 1.29 is 9.18 Å². The Hall–Kier alpha value is -1.68. The van der Waals surface area contributed by atoms with Crippen LogP contribution in [0.3, 0.4) is 0 Å². The maximum absolute atomic E-state index is 13.5. The number of benzene rings is 1. The first kappa shape index (κ1) is 18.7. The Morgan fingerprint density at radius 1 is 1.00 bits per heavy atom. The number of hydrogen-bond donors (Lipinski definition) is 0. The van der Waals surface area contributed by atoms with E-state index in [0.717, 1.165) is 44.0 Å². The van der Waals surface area contributed by atoms with E-state index in [1.807, 2.05) is 4.90 Å². The summed E-state index contributed by atoms with van der Waals surface area (Å²) in [5, 5.41) is 0. The molecule has 146 valence electrons. The molecule has 0 N–H and O–H groups in total. The molecule has 4 heteroatoms. The van der Waals surface area contributed by atoms with E-state index in [2.05, 4.69) is 17.1 Å². The number of amides is 1. The molecule has 0 radical (unpaired) electrons. The van der Waals surface area contributed by atoms with Gasteiger partial charge in [-0.15, -0.1) is 0 Å². The summed E-state index contributed by atoms with van der Waals surface area (Å²) in [4.78, 5) is 18.1. The lowest BCUT2D eigenvalue weighted by molar-refractivity contribution is -0.145. The zero-order valence-corrected chi connectivity index (χ0v) is 16.2. The third kappa shape index (κ3) is 4.11. The number of halogens is 1. The van der Waals surface area contributed by atoms with E-state index in [1.165, 1.54) is 44.2 Å². The molecule has 1 spiro atoms. The molecule has 1 saturated heterocycles. The second-order valence-electron chi connectivity index (χ2n) is 8.60. The van der Waals surface area contributed by atoms with Crippen molar-refractivity contribution in [1.29, 1.82) is 0 Å². The monoisotopic (exact) mass is 370 g/mol. The van der Waals surface area contributed by atoms with Gasteiger partial charge in [-0.1, -0.05) is 43.5 Å². The summed E-state index contributed by atoms with van der Waals surface area (Å²) in [6, 6.07) is 7.27. The highest BCUT2D eigenvalue weighted by Gasteiger charge is 2.44. The third-order valence-corrected chi connectivity index (χ3v) is 6.87. The molecule has 4 rings (SSSR count). The van der Waals surface area contributed by atoms with Crippen LogP contribution in [0.25, 0.3) is 0 Å². The molecule has 1 saturated carbocycles. The predicted octanol–water partition coefficient (Wildman–Crippen LogP) is 4.53. The number of rotatable bonds is 3. The molecule has 1 aromatic rings. The summed E-state index contributed by atoms with van der Waals surface area (Å²) >= 11 is 0. The fraction of sp³-hybridized carbons (Fsp3) is 0.609. The number of carbonyl (C=O) groups is 1. The van der Waals surface area contributed by atoms with Crippen LogP contribution in [0.5, 0.6) is 0 Å². The summed E-state index contributed by atoms with van der Waals surface area (Å²) in [5.41, 5.74) is 0.757. The fourth-order valence-corrected chi connectivity index (χ4v) is 5.14. The first-order valence-electron chi connectivity index (χ1n) is 10.6. The lowest BCUT2D eigenvalue weighted by atomic mass is 9.74. The van der Waals surface area contributed by atoms with E-state index in [-0.39, 0.29) is 11.2 Å². The van der Waals surface area contributed by atoms with Crippen LogP contribution in [0.15, 0.2) is 36.4 Å². The smallest absolute Gasteiger partial charge is 0.229 e. The summed E-state index contributed by atoms with van der Waals surface area (Å²) in [6.07, 6.45) is 13.9. The van der Waals surface area contributed by atoms with E-state index in [1.54, 1.807) is 12.1 Å². The zero-order valence-electron chi connectivity index (χ0n) is 16.2. The van der Waals surface area contributed by atoms with Crippen molar-refractivity contribution in [2.24, 2.45) is 5.41 Å². The topological polar surface area (TPSA) is 23.6 Å². The van der Waals surface area contributed by atoms with Gasteiger partial charge in [-0.3, -0.25) is 4.79 Å². The average molecular weight is 371 g/mol. The van der Waals surface area contributed by atoms with Crippen LogP contribution in [-0.4, -0.2) is 41.4 Å². The van der Waals surface area contributed by atoms with Gasteiger partial charge in [-0.25, -0.2) is 4.39 Å². The second kappa shape index (κ2) is 8.14. The lowest BCUT2D eigenvalue weighted by Crippen LogP contribution is -2.51. The van der Waals surface area contributed by atoms with Crippen molar-refractivity contribution in [2.75, 3.05) is 19.6 Å². The van der Waals surface area contributed by atoms with E-state index in [0.29, 0.717) is 19.0 Å². The Morgan fingerprint density at radius 2 is 1.70 bits per heavy atom. The van der Waals surface area contributed by atoms with E-state index < -0.39 is 0 Å². The fourth-order valence-electron chi connectivity index (χ4n) is 5.14. The molecule has 2 fully saturated rings. The van der Waals surface area contributed by atoms with Crippen molar-refractivity contribution in [3.05, 3.63) is 47.8 Å². The minimum atomic E-state index is -0.238. The Bertz CT molecular complexity index is 670. The zero-order chi connectivity index (χ0) is 18.7. The van der Waals surface area contributed by atoms with Gasteiger partial charge in [-0.2, -0.15) is 0 Å². The Labute approximate surface area is 162 Å². The van der Waals surface area contributed by atoms with Gasteiger partial charge in [-0.05, 0) is 62.9 Å². The minimum Gasteiger partial charge on any atom is -0.334 e. The van der Waals surface area contributed by atoms with Crippen molar-refractivity contribution in [2.45, 2.75) is 64.0 Å². The molecule has 3 nitrogen and oxygen atoms in total.